The van der Waals surface area contributed by atoms with Gasteiger partial charge in [0.2, 0.25) is 47.5 Å². The summed E-state index contributed by atoms with van der Waals surface area (Å²) in [5, 5.41) is 166. The van der Waals surface area contributed by atoms with Crippen molar-refractivity contribution in [2.45, 2.75) is 191 Å². The summed E-state index contributed by atoms with van der Waals surface area (Å²) in [5.74, 6) is -1.68. The second-order valence-electron chi connectivity index (χ2n) is 24.9. The maximum Gasteiger partial charge on any atom is 0.239 e. The van der Waals surface area contributed by atoms with E-state index in [-0.39, 0.29) is 74.7 Å². The molecule has 10 rings (SSSR count). The topological polar surface area (TPSA) is 493 Å². The van der Waals surface area contributed by atoms with Crippen molar-refractivity contribution in [1.82, 2.24) is 0 Å². The minimum Gasteiger partial charge on any atom is -0.507 e. The first-order chi connectivity index (χ1) is 47.3. The summed E-state index contributed by atoms with van der Waals surface area (Å²) in [6.07, 6.45) is -27.3. The lowest BCUT2D eigenvalue weighted by atomic mass is 9.99. The lowest BCUT2D eigenvalue weighted by molar-refractivity contribution is -0.277. The molecule has 0 amide bonds. The van der Waals surface area contributed by atoms with Crippen LogP contribution in [0.2, 0.25) is 0 Å². The third kappa shape index (κ3) is 16.9. The summed E-state index contributed by atoms with van der Waals surface area (Å²) in [7, 11) is 2.94. The molecule has 0 bridgehead atoms. The van der Waals surface area contributed by atoms with Crippen LogP contribution in [0.25, 0.3) is 44.6 Å². The number of hydrogen-bond acceptors (Lipinski definition) is 31. The van der Waals surface area contributed by atoms with E-state index in [0.717, 1.165) is 23.3 Å². The van der Waals surface area contributed by atoms with Crippen LogP contribution >= 0.6 is 0 Å². The molecule has 31 heteroatoms. The molecule has 4 aromatic carbocycles. The van der Waals surface area contributed by atoms with Gasteiger partial charge in [-0.3, -0.25) is 9.59 Å². The Labute approximate surface area is 571 Å². The molecule has 0 spiro atoms. The van der Waals surface area contributed by atoms with Crippen LogP contribution < -0.4 is 39.3 Å². The zero-order valence-electron chi connectivity index (χ0n) is 56.1. The highest BCUT2D eigenvalue weighted by Gasteiger charge is 2.49. The SMILES string of the molecule is CC(C)=O.COc1ccc(-c2oc3c(CC=C(C)C)c(O[C@@H]4O[C@H](CO)[C@@H](O)[C@H](O)[C@H]4O)cc(O)c3c(=O)c2O[C@@H]2O[C@@H](C)[C@H](O)[C@@H](O)[C@H]2O)cc1.COc1ccc(-c2oc3c(CC=C(C)C)c(O[C@@H]4O[C@H](CO)[C@@H](O)[C@H](O)[C@H]4O)cc(O)c3c(=O)c2O[C@@H]2O[C@@H](C)[C@H](O)[C@@H](O)[C@H]2O)cc1. The van der Waals surface area contributed by atoms with Crippen molar-refractivity contribution in [3.8, 4) is 68.6 Å². The molecule has 6 heterocycles. The van der Waals surface area contributed by atoms with Crippen LogP contribution in [0.1, 0.15) is 66.5 Å². The van der Waals surface area contributed by atoms with E-state index in [1.54, 1.807) is 60.7 Å². The van der Waals surface area contributed by atoms with E-state index >= 15 is 0 Å². The van der Waals surface area contributed by atoms with Crippen LogP contribution in [-0.2, 0) is 36.6 Å². The molecule has 548 valence electrons. The normalized spacial score (nSPS) is 29.6. The molecule has 2 aromatic heterocycles. The van der Waals surface area contributed by atoms with E-state index in [9.17, 15) is 96.1 Å². The molecule has 20 atom stereocenters. The van der Waals surface area contributed by atoms with Crippen LogP contribution in [-0.4, -0.2) is 238 Å². The average molecular weight is 1410 g/mol. The number of aliphatic hydroxyl groups excluding tert-OH is 14. The number of methoxy groups -OCH3 is 2. The first-order valence-corrected chi connectivity index (χ1v) is 31.7. The molecular formula is C69H86O31. The Morgan fingerprint density at radius 2 is 0.740 bits per heavy atom. The summed E-state index contributed by atoms with van der Waals surface area (Å²) >= 11 is 0. The Bertz CT molecular complexity index is 3720. The Morgan fingerprint density at radius 3 is 1.03 bits per heavy atom. The number of aromatic hydroxyl groups is 2. The van der Waals surface area contributed by atoms with E-state index in [1.807, 2.05) is 27.7 Å². The van der Waals surface area contributed by atoms with Gasteiger partial charge in [-0.15, -0.1) is 0 Å². The quantitative estimate of drug-likeness (QED) is 0.0527. The number of allylic oxidation sites excluding steroid dienone is 4. The number of carbonyl (C=O) groups is 1. The maximum absolute atomic E-state index is 14.3. The summed E-state index contributed by atoms with van der Waals surface area (Å²) in [6.45, 7) is 11.9. The van der Waals surface area contributed by atoms with Crippen LogP contribution in [0.4, 0.5) is 0 Å². The Morgan fingerprint density at radius 1 is 0.440 bits per heavy atom. The van der Waals surface area contributed by atoms with Crippen molar-refractivity contribution in [1.29, 1.82) is 0 Å². The molecular weight excluding hydrogens is 1320 g/mol. The number of benzene rings is 4. The van der Waals surface area contributed by atoms with Crippen LogP contribution in [0.15, 0.2) is 102 Å². The molecule has 0 unspecified atom stereocenters. The highest BCUT2D eigenvalue weighted by Crippen LogP contribution is 2.45. The number of phenolic OH excluding ortho intramolecular Hbond substituents is 2. The number of aliphatic hydroxyl groups is 14. The summed E-state index contributed by atoms with van der Waals surface area (Å²) in [5.41, 5.74) is 0.683. The monoisotopic (exact) mass is 1410 g/mol. The number of phenols is 2. The molecule has 31 nitrogen and oxygen atoms in total. The third-order valence-electron chi connectivity index (χ3n) is 16.7. The molecule has 0 radical (unpaired) electrons. The van der Waals surface area contributed by atoms with Crippen molar-refractivity contribution in [3.63, 3.8) is 0 Å². The highest BCUT2D eigenvalue weighted by atomic mass is 16.7. The predicted octanol–water partition coefficient (Wildman–Crippen LogP) is 0.731. The van der Waals surface area contributed by atoms with Gasteiger partial charge in [-0.05, 0) is 117 Å². The van der Waals surface area contributed by atoms with Gasteiger partial charge in [0.25, 0.3) is 0 Å². The van der Waals surface area contributed by atoms with E-state index in [4.69, 9.17) is 56.2 Å². The second-order valence-corrected chi connectivity index (χ2v) is 24.9. The van der Waals surface area contributed by atoms with Crippen molar-refractivity contribution in [2.24, 2.45) is 0 Å². The number of carbonyl (C=O) groups excluding carboxylic acids is 1. The molecule has 0 aliphatic carbocycles. The maximum atomic E-state index is 14.3. The van der Waals surface area contributed by atoms with Gasteiger partial charge >= 0.3 is 0 Å². The van der Waals surface area contributed by atoms with Gasteiger partial charge in [-0.25, -0.2) is 0 Å². The fourth-order valence-corrected chi connectivity index (χ4v) is 11.0. The summed E-state index contributed by atoms with van der Waals surface area (Å²) < 4.78 is 69.0. The highest BCUT2D eigenvalue weighted by molar-refractivity contribution is 5.92. The lowest BCUT2D eigenvalue weighted by Crippen LogP contribution is -2.60. The van der Waals surface area contributed by atoms with Gasteiger partial charge in [0.1, 0.15) is 148 Å². The molecule has 4 aliphatic rings. The van der Waals surface area contributed by atoms with Crippen molar-refractivity contribution < 1.29 is 143 Å². The van der Waals surface area contributed by atoms with Gasteiger partial charge in [-0.1, -0.05) is 23.3 Å². The molecule has 16 N–H and O–H groups in total. The minimum atomic E-state index is -1.77. The number of ketones is 1. The van der Waals surface area contributed by atoms with E-state index in [0.29, 0.717) is 22.6 Å². The van der Waals surface area contributed by atoms with Gasteiger partial charge in [-0.2, -0.15) is 0 Å². The van der Waals surface area contributed by atoms with E-state index < -0.39 is 170 Å². The van der Waals surface area contributed by atoms with E-state index in [2.05, 4.69) is 0 Å². The van der Waals surface area contributed by atoms with Gasteiger partial charge in [0.05, 0.1) is 39.6 Å². The molecule has 6 aromatic rings. The standard InChI is InChI=1S/2C33H40O15.C3H6O/c2*1-13(2)5-10-17-19(45-33-28(42)26(40)23(37)20(12-34)46-33)11-18(35)21-24(38)31(48-32-27(41)25(39)22(36)14(3)44-32)29(47-30(17)21)15-6-8-16(43-4)9-7-15;1-3(2)4/h2*5-9,11,14,20,22-23,25-28,32-37,39-42H,10,12H2,1-4H3;1-2H3/t2*14-,20+,22-,23+,25+,26-,27+,28+,32-,33+;/m00./s1. The third-order valence-corrected chi connectivity index (χ3v) is 16.7. The Hall–Kier alpha value is -7.87. The predicted molar refractivity (Wildman–Crippen MR) is 350 cm³/mol. The zero-order valence-corrected chi connectivity index (χ0v) is 56.1. The largest absolute Gasteiger partial charge is 0.507 e. The van der Waals surface area contributed by atoms with E-state index in [1.165, 1.54) is 41.9 Å². The Kier molecular flexibility index (Phi) is 25.9. The smallest absolute Gasteiger partial charge is 0.239 e. The number of ether oxygens (including phenoxy) is 10. The minimum absolute atomic E-state index is 0.0725. The molecule has 4 aliphatic heterocycles. The van der Waals surface area contributed by atoms with Crippen molar-refractivity contribution >= 4 is 27.7 Å². The van der Waals surface area contributed by atoms with Gasteiger partial charge < -0.3 is 143 Å². The number of hydrogen-bond donors (Lipinski definition) is 16. The molecule has 4 saturated heterocycles. The lowest BCUT2D eigenvalue weighted by Gasteiger charge is -2.39. The summed E-state index contributed by atoms with van der Waals surface area (Å²) in [6, 6.07) is 14.8. The van der Waals surface area contributed by atoms with Gasteiger partial charge in [0.15, 0.2) is 11.5 Å². The first-order valence-electron chi connectivity index (χ1n) is 31.7. The zero-order chi connectivity index (χ0) is 73.6. The Balaban J connectivity index is 0.000000241. The van der Waals surface area contributed by atoms with Crippen molar-refractivity contribution in [3.05, 3.63) is 116 Å². The van der Waals surface area contributed by atoms with Gasteiger partial charge in [0, 0.05) is 34.4 Å². The number of fused-ring (bicyclic) bond motifs is 2. The fraction of sp³-hybridized carbons (Fsp3) is 0.493. The van der Waals surface area contributed by atoms with Crippen LogP contribution in [0.5, 0.6) is 46.0 Å². The fourth-order valence-electron chi connectivity index (χ4n) is 11.0. The average Bonchev–Trinajstić information content (AvgIpc) is 0.747. The molecule has 0 saturated carbocycles. The molecule has 100 heavy (non-hydrogen) atoms. The van der Waals surface area contributed by atoms with Crippen LogP contribution in [0, 0.1) is 0 Å². The second kappa shape index (κ2) is 33.3. The summed E-state index contributed by atoms with van der Waals surface area (Å²) in [4.78, 5) is 37.9. The first kappa shape index (κ1) is 77.9. The number of rotatable bonds is 18. The van der Waals surface area contributed by atoms with Crippen LogP contribution in [0.3, 0.4) is 0 Å². The van der Waals surface area contributed by atoms with Crippen molar-refractivity contribution in [2.75, 3.05) is 27.4 Å². The number of Topliss-reactive ketones (excluding diaryl/α,β-unsaturated/α-hetero) is 1. The molecule has 4 fully saturated rings.